The zero-order valence-corrected chi connectivity index (χ0v) is 18.7. The van der Waals surface area contributed by atoms with E-state index in [-0.39, 0.29) is 10.8 Å². The van der Waals surface area contributed by atoms with Crippen molar-refractivity contribution in [2.75, 3.05) is 18.9 Å². The minimum Gasteiger partial charge on any atom is -0.489 e. The van der Waals surface area contributed by atoms with E-state index in [4.69, 9.17) is 16.3 Å². The molecule has 8 heteroatoms. The molecule has 1 amide bonds. The molecule has 2 aliphatic rings. The number of hydrogen-bond acceptors (Lipinski definition) is 5. The lowest BCUT2D eigenvalue weighted by atomic mass is 9.79. The molecule has 3 aromatic rings. The lowest BCUT2D eigenvalue weighted by Crippen LogP contribution is -2.54. The van der Waals surface area contributed by atoms with Crippen LogP contribution in [0.3, 0.4) is 0 Å². The number of likely N-dealkylation sites (tertiary alicyclic amines) is 1. The predicted octanol–water partition coefficient (Wildman–Crippen LogP) is 4.44. The smallest absolute Gasteiger partial charge is 0.256 e. The number of anilines is 1. The first-order valence-electron chi connectivity index (χ1n) is 10.6. The Morgan fingerprint density at radius 3 is 2.52 bits per heavy atom. The molecular weight excluding hydrogens is 442 g/mol. The number of ether oxygens (including phenoxy) is 1. The average Bonchev–Trinajstić information content (AvgIpc) is 3.29. The third-order valence-electron chi connectivity index (χ3n) is 6.67. The molecule has 3 aromatic carbocycles. The lowest BCUT2D eigenvalue weighted by molar-refractivity contribution is -0.534. The highest BCUT2D eigenvalue weighted by Gasteiger charge is 2.68. The molecule has 1 N–H and O–H groups in total. The highest BCUT2D eigenvalue weighted by atomic mass is 35.5. The minimum atomic E-state index is -1.34. The molecule has 33 heavy (non-hydrogen) atoms. The zero-order valence-electron chi connectivity index (χ0n) is 17.9. The molecule has 1 spiro atoms. The summed E-state index contributed by atoms with van der Waals surface area (Å²) in [6, 6.07) is 20.8. The van der Waals surface area contributed by atoms with E-state index in [2.05, 4.69) is 5.32 Å². The first-order chi connectivity index (χ1) is 15.9. The summed E-state index contributed by atoms with van der Waals surface area (Å²) in [6.45, 7) is 0.776. The molecule has 1 saturated heterocycles. The summed E-state index contributed by atoms with van der Waals surface area (Å²) in [5.41, 5.74) is 1.74. The number of carbonyl (C=O) groups excluding carboxylic acids is 1. The van der Waals surface area contributed by atoms with Crippen molar-refractivity contribution in [2.45, 2.75) is 24.1 Å². The largest absolute Gasteiger partial charge is 0.489 e. The molecule has 1 fully saturated rings. The first-order valence-corrected chi connectivity index (χ1v) is 11.0. The molecule has 2 heterocycles. The van der Waals surface area contributed by atoms with Crippen LogP contribution in [0.2, 0.25) is 5.02 Å². The van der Waals surface area contributed by atoms with Gasteiger partial charge >= 0.3 is 0 Å². The number of nitrogens with zero attached hydrogens (tertiary/aromatic N) is 2. The summed E-state index contributed by atoms with van der Waals surface area (Å²) in [5.74, 6) is -0.137. The molecule has 0 radical (unpaired) electrons. The second-order valence-electron chi connectivity index (χ2n) is 8.47. The quantitative estimate of drug-likeness (QED) is 0.446. The first kappa shape index (κ1) is 21.4. The van der Waals surface area contributed by atoms with Gasteiger partial charge in [0.1, 0.15) is 12.4 Å². The van der Waals surface area contributed by atoms with Crippen LogP contribution >= 0.6 is 11.6 Å². The Morgan fingerprint density at radius 1 is 1.12 bits per heavy atom. The number of halogens is 1. The topological polar surface area (TPSA) is 84.7 Å². The number of fused-ring (bicyclic) bond motifs is 2. The van der Waals surface area contributed by atoms with Crippen LogP contribution in [0, 0.1) is 10.1 Å². The Balaban J connectivity index is 1.42. The van der Waals surface area contributed by atoms with Crippen LogP contribution in [0.4, 0.5) is 5.69 Å². The van der Waals surface area contributed by atoms with Crippen LogP contribution in [0.5, 0.6) is 5.75 Å². The van der Waals surface area contributed by atoms with E-state index >= 15 is 0 Å². The summed E-state index contributed by atoms with van der Waals surface area (Å²) in [5, 5.41) is 15.9. The summed E-state index contributed by atoms with van der Waals surface area (Å²) in [7, 11) is 1.78. The van der Waals surface area contributed by atoms with Crippen molar-refractivity contribution >= 4 is 23.2 Å². The zero-order chi connectivity index (χ0) is 23.2. The number of benzene rings is 3. The average molecular weight is 464 g/mol. The normalized spacial score (nSPS) is 24.0. The van der Waals surface area contributed by atoms with Crippen LogP contribution in [-0.4, -0.2) is 35.4 Å². The SMILES string of the molecule is CN1C[C@H](c2ccc(OCc3ccc(Cl)cc3)cc2)[C@H]([N+](=O)[O-])[C@]12C(=O)Nc1ccccc12. The number of para-hydroxylation sites is 1. The Hall–Kier alpha value is -3.42. The summed E-state index contributed by atoms with van der Waals surface area (Å²) < 4.78 is 5.85. The van der Waals surface area contributed by atoms with Crippen molar-refractivity contribution in [1.29, 1.82) is 0 Å². The highest BCUT2D eigenvalue weighted by Crippen LogP contribution is 2.51. The van der Waals surface area contributed by atoms with E-state index in [1.165, 1.54) is 0 Å². The van der Waals surface area contributed by atoms with E-state index < -0.39 is 17.5 Å². The Labute approximate surface area is 196 Å². The van der Waals surface area contributed by atoms with Gasteiger partial charge in [-0.05, 0) is 48.5 Å². The minimum absolute atomic E-state index is 0.305. The molecule has 0 bridgehead atoms. The van der Waals surface area contributed by atoms with Gasteiger partial charge in [-0.2, -0.15) is 0 Å². The van der Waals surface area contributed by atoms with Crippen LogP contribution in [0.25, 0.3) is 0 Å². The van der Waals surface area contributed by atoms with Crippen LogP contribution in [-0.2, 0) is 16.9 Å². The maximum absolute atomic E-state index is 13.2. The van der Waals surface area contributed by atoms with Crippen molar-refractivity contribution < 1.29 is 14.5 Å². The standard InChI is InChI=1S/C25H22ClN3O4/c1-28-14-20(17-8-12-19(13-9-17)33-15-16-6-10-18(26)11-7-16)23(29(31)32)25(28)21-4-2-3-5-22(21)27-24(25)30/h2-13,20,23H,14-15H2,1H3,(H,27,30)/t20-,23+,25-/m1/s1. The van der Waals surface area contributed by atoms with Crippen molar-refractivity contribution in [3.63, 3.8) is 0 Å². The fraction of sp³-hybridized carbons (Fsp3) is 0.240. The van der Waals surface area contributed by atoms with Gasteiger partial charge in [-0.1, -0.05) is 54.1 Å². The fourth-order valence-corrected chi connectivity index (χ4v) is 5.26. The molecule has 3 atom stereocenters. The van der Waals surface area contributed by atoms with Gasteiger partial charge < -0.3 is 10.1 Å². The van der Waals surface area contributed by atoms with Gasteiger partial charge in [0.2, 0.25) is 0 Å². The van der Waals surface area contributed by atoms with Gasteiger partial charge in [0.25, 0.3) is 11.9 Å². The van der Waals surface area contributed by atoms with Crippen molar-refractivity contribution in [3.8, 4) is 5.75 Å². The van der Waals surface area contributed by atoms with Gasteiger partial charge in [0.15, 0.2) is 5.54 Å². The molecular formula is C25H22ClN3O4. The second-order valence-corrected chi connectivity index (χ2v) is 8.90. The molecule has 5 rings (SSSR count). The van der Waals surface area contributed by atoms with Crippen molar-refractivity contribution in [2.24, 2.45) is 0 Å². The van der Waals surface area contributed by atoms with Gasteiger partial charge in [-0.25, -0.2) is 0 Å². The summed E-state index contributed by atoms with van der Waals surface area (Å²) in [6.07, 6.45) is 0. The summed E-state index contributed by atoms with van der Waals surface area (Å²) in [4.78, 5) is 27.0. The maximum Gasteiger partial charge on any atom is 0.256 e. The van der Waals surface area contributed by atoms with E-state index in [0.29, 0.717) is 35.2 Å². The number of nitrogens with one attached hydrogen (secondary N) is 1. The number of nitro groups is 1. The van der Waals surface area contributed by atoms with Gasteiger partial charge in [0.05, 0.1) is 5.92 Å². The molecule has 0 aromatic heterocycles. The Bertz CT molecular complexity index is 1220. The molecule has 0 aliphatic carbocycles. The van der Waals surface area contributed by atoms with E-state index in [0.717, 1.165) is 11.1 Å². The number of hydrogen-bond donors (Lipinski definition) is 1. The van der Waals surface area contributed by atoms with Crippen LogP contribution in [0.15, 0.2) is 72.8 Å². The molecule has 0 unspecified atom stereocenters. The summed E-state index contributed by atoms with van der Waals surface area (Å²) >= 11 is 5.92. The molecule has 0 saturated carbocycles. The predicted molar refractivity (Wildman–Crippen MR) is 125 cm³/mol. The van der Waals surface area contributed by atoms with E-state index in [1.54, 1.807) is 19.2 Å². The van der Waals surface area contributed by atoms with Crippen LogP contribution < -0.4 is 10.1 Å². The van der Waals surface area contributed by atoms with Gasteiger partial charge in [0, 0.05) is 27.7 Å². The van der Waals surface area contributed by atoms with Gasteiger partial charge in [-0.15, -0.1) is 0 Å². The number of amides is 1. The third kappa shape index (κ3) is 3.44. The lowest BCUT2D eigenvalue weighted by Gasteiger charge is -2.30. The monoisotopic (exact) mass is 463 g/mol. The second kappa shape index (κ2) is 8.17. The van der Waals surface area contributed by atoms with E-state index in [9.17, 15) is 14.9 Å². The van der Waals surface area contributed by atoms with Crippen LogP contribution in [0.1, 0.15) is 22.6 Å². The number of rotatable bonds is 5. The molecule has 7 nitrogen and oxygen atoms in total. The Kier molecular flexibility index (Phi) is 5.31. The molecule has 168 valence electrons. The third-order valence-corrected chi connectivity index (χ3v) is 6.92. The highest BCUT2D eigenvalue weighted by molar-refractivity contribution is 6.30. The van der Waals surface area contributed by atoms with Crippen molar-refractivity contribution in [3.05, 3.63) is 105 Å². The number of likely N-dealkylation sites (N-methyl/N-ethyl adjacent to an activating group) is 1. The fourth-order valence-electron chi connectivity index (χ4n) is 5.14. The maximum atomic E-state index is 13.2. The molecule has 2 aliphatic heterocycles. The number of carbonyl (C=O) groups is 1. The van der Waals surface area contributed by atoms with Crippen molar-refractivity contribution in [1.82, 2.24) is 4.90 Å². The van der Waals surface area contributed by atoms with Gasteiger partial charge in [-0.3, -0.25) is 19.8 Å². The van der Waals surface area contributed by atoms with E-state index in [1.807, 2.05) is 65.6 Å². The Morgan fingerprint density at radius 2 is 1.82 bits per heavy atom.